The number of anilines is 1. The van der Waals surface area contributed by atoms with E-state index in [1.165, 1.54) is 0 Å². The number of hydrogen-bond donors (Lipinski definition) is 2. The second kappa shape index (κ2) is 9.17. The first-order valence-corrected chi connectivity index (χ1v) is 12.2. The minimum Gasteiger partial charge on any atom is -0.372 e. The van der Waals surface area contributed by atoms with Gasteiger partial charge in [-0.3, -0.25) is 19.5 Å². The van der Waals surface area contributed by atoms with Crippen LogP contribution in [0.5, 0.6) is 0 Å². The van der Waals surface area contributed by atoms with E-state index in [0.29, 0.717) is 17.3 Å². The lowest BCUT2D eigenvalue weighted by molar-refractivity contribution is -0.150. The number of nitrogens with one attached hydrogen (secondary N) is 2. The summed E-state index contributed by atoms with van der Waals surface area (Å²) in [7, 11) is 0. The molecule has 2 aliphatic rings. The molecular weight excluding hydrogens is 454 g/mol. The molecule has 1 atom stereocenters. The maximum atomic E-state index is 13.5. The van der Waals surface area contributed by atoms with Gasteiger partial charge in [-0.25, -0.2) is 0 Å². The highest BCUT2D eigenvalue weighted by molar-refractivity contribution is 6.33. The Kier molecular flexibility index (Phi) is 6.22. The van der Waals surface area contributed by atoms with Crippen molar-refractivity contribution in [2.45, 2.75) is 44.8 Å². The zero-order chi connectivity index (χ0) is 23.9. The van der Waals surface area contributed by atoms with Crippen LogP contribution in [0.2, 0.25) is 5.02 Å². The predicted molar refractivity (Wildman–Crippen MR) is 133 cm³/mol. The molecular formula is C25H30ClN5O3. The molecule has 0 saturated carbocycles. The van der Waals surface area contributed by atoms with Crippen molar-refractivity contribution in [2.75, 3.05) is 38.1 Å². The summed E-state index contributed by atoms with van der Waals surface area (Å²) in [4.78, 5) is 37.9. The fourth-order valence-corrected chi connectivity index (χ4v) is 5.23. The monoisotopic (exact) mass is 483 g/mol. The first-order chi connectivity index (χ1) is 16.3. The molecule has 0 bridgehead atoms. The number of halogens is 1. The molecule has 0 aliphatic carbocycles. The lowest BCUT2D eigenvalue weighted by Gasteiger charge is -2.43. The van der Waals surface area contributed by atoms with E-state index in [2.05, 4.69) is 15.3 Å². The highest BCUT2D eigenvalue weighted by Crippen LogP contribution is 2.33. The molecule has 5 rings (SSSR count). The van der Waals surface area contributed by atoms with E-state index >= 15 is 0 Å². The van der Waals surface area contributed by atoms with Gasteiger partial charge in [-0.1, -0.05) is 11.6 Å². The standard InChI is InChI=1S/C25H30ClN5O3/c1-25(2)15-31(13-22(32)30-8-4-3-5-9-30)21(14-34-25)24(33)29-19-11-16(26)10-18-17-6-7-27-12-20(17)28-23(18)19/h6-7,10-12,21,28H,3-5,8-9,13-15H2,1-2H3,(H,29,33)/t21-/m0/s1. The zero-order valence-electron chi connectivity index (χ0n) is 19.6. The van der Waals surface area contributed by atoms with Crippen molar-refractivity contribution in [1.82, 2.24) is 19.8 Å². The van der Waals surface area contributed by atoms with Crippen LogP contribution in [0.3, 0.4) is 0 Å². The van der Waals surface area contributed by atoms with E-state index in [1.807, 2.05) is 35.8 Å². The van der Waals surface area contributed by atoms with E-state index in [-0.39, 0.29) is 25.0 Å². The Morgan fingerprint density at radius 3 is 2.82 bits per heavy atom. The van der Waals surface area contributed by atoms with Crippen LogP contribution in [0.1, 0.15) is 33.1 Å². The minimum absolute atomic E-state index is 0.0727. The number of piperidine rings is 1. The third kappa shape index (κ3) is 4.62. The van der Waals surface area contributed by atoms with Gasteiger partial charge in [-0.2, -0.15) is 0 Å². The Bertz CT molecular complexity index is 1230. The molecule has 8 nitrogen and oxygen atoms in total. The van der Waals surface area contributed by atoms with Gasteiger partial charge in [0.25, 0.3) is 0 Å². The number of benzene rings is 1. The molecule has 180 valence electrons. The van der Waals surface area contributed by atoms with E-state index < -0.39 is 11.6 Å². The second-order valence-corrected chi connectivity index (χ2v) is 10.3. The average molecular weight is 484 g/mol. The highest BCUT2D eigenvalue weighted by atomic mass is 35.5. The molecule has 3 aromatic rings. The summed E-state index contributed by atoms with van der Waals surface area (Å²) >= 11 is 6.41. The number of carbonyl (C=O) groups is 2. The number of morpholine rings is 1. The number of nitrogens with zero attached hydrogens (tertiary/aromatic N) is 3. The number of likely N-dealkylation sites (tertiary alicyclic amines) is 1. The van der Waals surface area contributed by atoms with Crippen LogP contribution in [-0.2, 0) is 14.3 Å². The lowest BCUT2D eigenvalue weighted by Crippen LogP contribution is -2.60. The molecule has 2 aromatic heterocycles. The number of amides is 2. The van der Waals surface area contributed by atoms with Crippen molar-refractivity contribution in [3.63, 3.8) is 0 Å². The molecule has 9 heteroatoms. The van der Waals surface area contributed by atoms with Crippen molar-refractivity contribution < 1.29 is 14.3 Å². The van der Waals surface area contributed by atoms with E-state index in [1.54, 1.807) is 18.5 Å². The molecule has 0 spiro atoms. The largest absolute Gasteiger partial charge is 0.372 e. The summed E-state index contributed by atoms with van der Waals surface area (Å²) in [5.74, 6) is -0.147. The van der Waals surface area contributed by atoms with Crippen molar-refractivity contribution in [1.29, 1.82) is 0 Å². The first-order valence-electron chi connectivity index (χ1n) is 11.8. The molecule has 2 aliphatic heterocycles. The number of hydrogen-bond acceptors (Lipinski definition) is 5. The summed E-state index contributed by atoms with van der Waals surface area (Å²) in [6, 6.07) is 4.95. The van der Waals surface area contributed by atoms with Gasteiger partial charge in [-0.05, 0) is 51.3 Å². The molecule has 2 saturated heterocycles. The molecule has 34 heavy (non-hydrogen) atoms. The van der Waals surface area contributed by atoms with Gasteiger partial charge in [-0.15, -0.1) is 0 Å². The fraction of sp³-hybridized carbons (Fsp3) is 0.480. The van der Waals surface area contributed by atoms with Crippen LogP contribution in [0.4, 0.5) is 5.69 Å². The Hall–Kier alpha value is -2.68. The quantitative estimate of drug-likeness (QED) is 0.589. The molecule has 0 unspecified atom stereocenters. The minimum atomic E-state index is -0.582. The molecule has 0 radical (unpaired) electrons. The van der Waals surface area contributed by atoms with E-state index in [4.69, 9.17) is 16.3 Å². The number of H-pyrrole nitrogens is 1. The van der Waals surface area contributed by atoms with Crippen molar-refractivity contribution >= 4 is 50.9 Å². The number of fused-ring (bicyclic) bond motifs is 3. The third-order valence-corrected chi connectivity index (χ3v) is 6.96. The molecule has 2 N–H and O–H groups in total. The lowest BCUT2D eigenvalue weighted by atomic mass is 10.0. The maximum Gasteiger partial charge on any atom is 0.244 e. The smallest absolute Gasteiger partial charge is 0.244 e. The predicted octanol–water partition coefficient (Wildman–Crippen LogP) is 3.80. The second-order valence-electron chi connectivity index (χ2n) is 9.84. The summed E-state index contributed by atoms with van der Waals surface area (Å²) in [6.07, 6.45) is 6.72. The first kappa shape index (κ1) is 23.1. The summed E-state index contributed by atoms with van der Waals surface area (Å²) in [6.45, 7) is 6.46. The molecule has 2 amide bonds. The number of aromatic nitrogens is 2. The number of carbonyl (C=O) groups excluding carboxylic acids is 2. The van der Waals surface area contributed by atoms with E-state index in [9.17, 15) is 9.59 Å². The van der Waals surface area contributed by atoms with Crippen LogP contribution in [0.15, 0.2) is 30.6 Å². The van der Waals surface area contributed by atoms with Gasteiger partial charge >= 0.3 is 0 Å². The Morgan fingerprint density at radius 2 is 2.03 bits per heavy atom. The van der Waals surface area contributed by atoms with Crippen molar-refractivity contribution in [2.24, 2.45) is 0 Å². The number of rotatable bonds is 4. The molecule has 1 aromatic carbocycles. The maximum absolute atomic E-state index is 13.5. The Morgan fingerprint density at radius 1 is 1.24 bits per heavy atom. The third-order valence-electron chi connectivity index (χ3n) is 6.74. The van der Waals surface area contributed by atoms with Crippen LogP contribution in [-0.4, -0.2) is 76.0 Å². The Balaban J connectivity index is 1.40. The van der Waals surface area contributed by atoms with Crippen LogP contribution < -0.4 is 5.32 Å². The number of ether oxygens (including phenoxy) is 1. The van der Waals surface area contributed by atoms with Gasteiger partial charge in [0, 0.05) is 41.6 Å². The topological polar surface area (TPSA) is 90.6 Å². The van der Waals surface area contributed by atoms with Crippen LogP contribution in [0, 0.1) is 0 Å². The molecule has 4 heterocycles. The van der Waals surface area contributed by atoms with Gasteiger partial charge in [0.15, 0.2) is 0 Å². The Labute approximate surface area is 203 Å². The van der Waals surface area contributed by atoms with Crippen LogP contribution >= 0.6 is 11.6 Å². The van der Waals surface area contributed by atoms with Gasteiger partial charge < -0.3 is 19.9 Å². The van der Waals surface area contributed by atoms with E-state index in [0.717, 1.165) is 54.2 Å². The highest BCUT2D eigenvalue weighted by Gasteiger charge is 2.39. The number of pyridine rings is 1. The van der Waals surface area contributed by atoms with Crippen molar-refractivity contribution in [3.05, 3.63) is 35.6 Å². The molecule has 2 fully saturated rings. The van der Waals surface area contributed by atoms with Gasteiger partial charge in [0.2, 0.25) is 11.8 Å². The normalized spacial score (nSPS) is 21.1. The van der Waals surface area contributed by atoms with Crippen molar-refractivity contribution in [3.8, 4) is 0 Å². The van der Waals surface area contributed by atoms with Crippen LogP contribution in [0.25, 0.3) is 21.8 Å². The number of aromatic amines is 1. The summed E-state index contributed by atoms with van der Waals surface area (Å²) < 4.78 is 5.98. The fourth-order valence-electron chi connectivity index (χ4n) is 5.01. The average Bonchev–Trinajstić information content (AvgIpc) is 3.18. The summed E-state index contributed by atoms with van der Waals surface area (Å²) in [5.41, 5.74) is 1.81. The zero-order valence-corrected chi connectivity index (χ0v) is 20.3. The van der Waals surface area contributed by atoms with Gasteiger partial charge in [0.05, 0.1) is 41.7 Å². The van der Waals surface area contributed by atoms with Gasteiger partial charge in [0.1, 0.15) is 6.04 Å². The SMILES string of the molecule is CC1(C)CN(CC(=O)N2CCCCC2)[C@H](C(=O)Nc2cc(Cl)cc3c2[nH]c2cnccc23)CO1. The summed E-state index contributed by atoms with van der Waals surface area (Å²) in [5, 5.41) is 5.47.